The number of ether oxygens (including phenoxy) is 2. The molecule has 0 bridgehead atoms. The maximum atomic E-state index is 10.4. The predicted octanol–water partition coefficient (Wildman–Crippen LogP) is 0.305. The zero-order valence-electron chi connectivity index (χ0n) is 11.2. The molecule has 0 unspecified atom stereocenters. The maximum absolute atomic E-state index is 10.4. The molecule has 110 valence electrons. The largest absolute Gasteiger partial charge is 0.396 e. The fourth-order valence-corrected chi connectivity index (χ4v) is 3.15. The van der Waals surface area contributed by atoms with E-state index in [1.165, 1.54) is 0 Å². The van der Waals surface area contributed by atoms with E-state index in [9.17, 15) is 10.2 Å². The number of aliphatic hydroxyl groups excluding tert-OH is 3. The topological polar surface area (TPSA) is 79.2 Å². The fraction of sp³-hybridized carbons (Fsp3) is 0.600. The highest BCUT2D eigenvalue weighted by Crippen LogP contribution is 2.43. The zero-order valence-corrected chi connectivity index (χ0v) is 11.2. The minimum Gasteiger partial charge on any atom is -0.396 e. The number of rotatable bonds is 2. The van der Waals surface area contributed by atoms with Crippen molar-refractivity contribution >= 4 is 0 Å². The molecule has 2 aliphatic heterocycles. The molecule has 20 heavy (non-hydrogen) atoms. The van der Waals surface area contributed by atoms with Crippen LogP contribution >= 0.6 is 0 Å². The average Bonchev–Trinajstić information content (AvgIpc) is 2.45. The Morgan fingerprint density at radius 3 is 2.85 bits per heavy atom. The Morgan fingerprint density at radius 2 is 2.05 bits per heavy atom. The second-order valence-corrected chi connectivity index (χ2v) is 5.42. The summed E-state index contributed by atoms with van der Waals surface area (Å²) in [7, 11) is 0. The molecule has 1 spiro atoms. The van der Waals surface area contributed by atoms with Crippen LogP contribution in [-0.4, -0.2) is 46.8 Å². The van der Waals surface area contributed by atoms with Gasteiger partial charge in [-0.2, -0.15) is 0 Å². The first-order chi connectivity index (χ1) is 9.67. The van der Waals surface area contributed by atoms with Crippen molar-refractivity contribution in [1.29, 1.82) is 0 Å². The molecular formula is C15H20O5. The molecule has 4 atom stereocenters. The Morgan fingerprint density at radius 1 is 1.25 bits per heavy atom. The van der Waals surface area contributed by atoms with E-state index in [2.05, 4.69) is 0 Å². The summed E-state index contributed by atoms with van der Waals surface area (Å²) in [6.45, 7) is 0.415. The van der Waals surface area contributed by atoms with Crippen molar-refractivity contribution in [3.8, 4) is 0 Å². The molecule has 3 rings (SSSR count). The molecule has 0 saturated carbocycles. The smallest absolute Gasteiger partial charge is 0.225 e. The summed E-state index contributed by atoms with van der Waals surface area (Å²) in [5.41, 5.74) is 1.84. The third-order valence-corrected chi connectivity index (χ3v) is 4.13. The number of benzene rings is 1. The minimum absolute atomic E-state index is 0.0226. The van der Waals surface area contributed by atoms with Gasteiger partial charge in [-0.25, -0.2) is 0 Å². The van der Waals surface area contributed by atoms with Gasteiger partial charge in [-0.15, -0.1) is 0 Å². The summed E-state index contributed by atoms with van der Waals surface area (Å²) >= 11 is 0. The van der Waals surface area contributed by atoms with Gasteiger partial charge in [0.05, 0.1) is 18.8 Å². The summed E-state index contributed by atoms with van der Waals surface area (Å²) in [4.78, 5) is 0. The number of fused-ring (bicyclic) bond motifs is 2. The highest BCUT2D eigenvalue weighted by Gasteiger charge is 2.53. The minimum atomic E-state index is -1.31. The molecule has 1 aromatic rings. The lowest BCUT2D eigenvalue weighted by atomic mass is 9.84. The molecule has 2 heterocycles. The third kappa shape index (κ3) is 2.16. The molecule has 1 aromatic carbocycles. The molecule has 5 heteroatoms. The van der Waals surface area contributed by atoms with Crippen LogP contribution in [0.3, 0.4) is 0 Å². The Hall–Kier alpha value is -0.980. The number of hydrogen-bond acceptors (Lipinski definition) is 5. The quantitative estimate of drug-likeness (QED) is 0.726. The normalized spacial score (nSPS) is 36.9. The summed E-state index contributed by atoms with van der Waals surface area (Å²) in [6.07, 6.45) is -0.907. The van der Waals surface area contributed by atoms with Crippen molar-refractivity contribution in [2.45, 2.75) is 43.4 Å². The van der Waals surface area contributed by atoms with Crippen molar-refractivity contribution in [3.63, 3.8) is 0 Å². The van der Waals surface area contributed by atoms with Gasteiger partial charge < -0.3 is 24.8 Å². The van der Waals surface area contributed by atoms with Crippen LogP contribution in [0.15, 0.2) is 24.3 Å². The first kappa shape index (κ1) is 14.0. The van der Waals surface area contributed by atoms with E-state index in [1.54, 1.807) is 0 Å². The van der Waals surface area contributed by atoms with Gasteiger partial charge >= 0.3 is 0 Å². The van der Waals surface area contributed by atoms with E-state index in [4.69, 9.17) is 14.6 Å². The van der Waals surface area contributed by atoms with E-state index < -0.39 is 18.0 Å². The molecule has 0 radical (unpaired) electrons. The molecule has 5 nitrogen and oxygen atoms in total. The Labute approximate surface area is 117 Å². The Balaban J connectivity index is 2.01. The first-order valence-corrected chi connectivity index (χ1v) is 7.04. The highest BCUT2D eigenvalue weighted by atomic mass is 16.7. The summed E-state index contributed by atoms with van der Waals surface area (Å²) in [6, 6.07) is 7.66. The van der Waals surface area contributed by atoms with Crippen LogP contribution in [0.25, 0.3) is 0 Å². The zero-order chi connectivity index (χ0) is 14.2. The van der Waals surface area contributed by atoms with Crippen LogP contribution in [0, 0.1) is 0 Å². The first-order valence-electron chi connectivity index (χ1n) is 7.04. The van der Waals surface area contributed by atoms with Gasteiger partial charge in [0.1, 0.15) is 6.10 Å². The lowest BCUT2D eigenvalue weighted by molar-refractivity contribution is -0.355. The molecule has 0 aliphatic carbocycles. The van der Waals surface area contributed by atoms with Gasteiger partial charge in [0, 0.05) is 18.6 Å². The van der Waals surface area contributed by atoms with Crippen LogP contribution in [0.5, 0.6) is 0 Å². The van der Waals surface area contributed by atoms with E-state index in [-0.39, 0.29) is 12.7 Å². The molecule has 1 fully saturated rings. The monoisotopic (exact) mass is 280 g/mol. The molecule has 1 saturated heterocycles. The Kier molecular flexibility index (Phi) is 3.79. The molecular weight excluding hydrogens is 260 g/mol. The summed E-state index contributed by atoms with van der Waals surface area (Å²) in [5.74, 6) is -1.31. The van der Waals surface area contributed by atoms with Crippen molar-refractivity contribution in [2.24, 2.45) is 0 Å². The number of aliphatic hydroxyl groups is 3. The second-order valence-electron chi connectivity index (χ2n) is 5.42. The van der Waals surface area contributed by atoms with Crippen molar-refractivity contribution < 1.29 is 24.8 Å². The van der Waals surface area contributed by atoms with E-state index >= 15 is 0 Å². The standard InChI is InChI=1S/C15H20O5/c16-7-5-11-9-13(17)14(18)15(20-11)12-4-2-1-3-10(12)6-8-19-15/h1-4,11,13-14,16-18H,5-9H2/t11-,13+,14-,15+/m0/s1. The molecule has 2 aliphatic rings. The van der Waals surface area contributed by atoms with E-state index in [0.29, 0.717) is 19.4 Å². The lowest BCUT2D eigenvalue weighted by Gasteiger charge is -2.48. The van der Waals surface area contributed by atoms with Crippen LogP contribution < -0.4 is 0 Å². The predicted molar refractivity (Wildman–Crippen MR) is 71.0 cm³/mol. The summed E-state index contributed by atoms with van der Waals surface area (Å²) < 4.78 is 11.8. The molecule has 0 amide bonds. The lowest BCUT2D eigenvalue weighted by Crippen LogP contribution is -2.59. The second kappa shape index (κ2) is 5.42. The van der Waals surface area contributed by atoms with Crippen LogP contribution in [0.4, 0.5) is 0 Å². The van der Waals surface area contributed by atoms with Crippen LogP contribution in [0.1, 0.15) is 24.0 Å². The van der Waals surface area contributed by atoms with Gasteiger partial charge in [-0.1, -0.05) is 24.3 Å². The van der Waals surface area contributed by atoms with Gasteiger partial charge in [0.15, 0.2) is 0 Å². The third-order valence-electron chi connectivity index (χ3n) is 4.13. The van der Waals surface area contributed by atoms with Gasteiger partial charge in [-0.05, 0) is 18.4 Å². The van der Waals surface area contributed by atoms with Crippen molar-refractivity contribution in [2.75, 3.05) is 13.2 Å². The fourth-order valence-electron chi connectivity index (χ4n) is 3.15. The van der Waals surface area contributed by atoms with Crippen LogP contribution in [-0.2, 0) is 21.7 Å². The highest BCUT2D eigenvalue weighted by molar-refractivity contribution is 5.34. The SMILES string of the molecule is OCC[C@H]1C[C@@H](O)[C@H](O)[C@]2(OCCc3ccccc32)O1. The van der Waals surface area contributed by atoms with E-state index in [0.717, 1.165) is 17.5 Å². The average molecular weight is 280 g/mol. The van der Waals surface area contributed by atoms with Gasteiger partial charge in [0.2, 0.25) is 5.79 Å². The maximum Gasteiger partial charge on any atom is 0.225 e. The Bertz CT molecular complexity index is 477. The van der Waals surface area contributed by atoms with E-state index in [1.807, 2.05) is 24.3 Å². The van der Waals surface area contributed by atoms with Crippen molar-refractivity contribution in [1.82, 2.24) is 0 Å². The van der Waals surface area contributed by atoms with Crippen molar-refractivity contribution in [3.05, 3.63) is 35.4 Å². The summed E-state index contributed by atoms with van der Waals surface area (Å²) in [5, 5.41) is 29.6. The van der Waals surface area contributed by atoms with Gasteiger partial charge in [0.25, 0.3) is 0 Å². The molecule has 3 N–H and O–H groups in total. The molecule has 0 aromatic heterocycles. The van der Waals surface area contributed by atoms with Gasteiger partial charge in [-0.3, -0.25) is 0 Å². The van der Waals surface area contributed by atoms with Crippen LogP contribution in [0.2, 0.25) is 0 Å². The number of hydrogen-bond donors (Lipinski definition) is 3.